The molecule has 0 saturated carbocycles. The Bertz CT molecular complexity index is 1170. The lowest BCUT2D eigenvalue weighted by Crippen LogP contribution is -2.16. The zero-order chi connectivity index (χ0) is 19.9. The normalized spacial score (nSPS) is 12.9. The van der Waals surface area contributed by atoms with Crippen LogP contribution < -0.4 is 14.2 Å². The van der Waals surface area contributed by atoms with Crippen LogP contribution in [0.25, 0.3) is 0 Å². The van der Waals surface area contributed by atoms with E-state index in [0.29, 0.717) is 22.8 Å². The summed E-state index contributed by atoms with van der Waals surface area (Å²) in [6.07, 6.45) is -0.0300. The molecular formula is C17H13ClN2O6S2. The van der Waals surface area contributed by atoms with Crippen LogP contribution in [0.2, 0.25) is 5.02 Å². The van der Waals surface area contributed by atoms with Gasteiger partial charge in [-0.05, 0) is 24.4 Å². The van der Waals surface area contributed by atoms with Gasteiger partial charge in [-0.3, -0.25) is 4.79 Å². The number of anilines is 1. The van der Waals surface area contributed by atoms with Gasteiger partial charge in [-0.1, -0.05) is 28.9 Å². The van der Waals surface area contributed by atoms with E-state index in [1.807, 2.05) is 0 Å². The Morgan fingerprint density at radius 3 is 2.89 bits per heavy atom. The minimum Gasteiger partial charge on any atom is -0.454 e. The number of ether oxygens (including phenoxy) is 2. The van der Waals surface area contributed by atoms with Gasteiger partial charge in [-0.2, -0.15) is 0 Å². The zero-order valence-corrected chi connectivity index (χ0v) is 16.8. The number of Topliss-reactive ketones (excluding diaryl/α,β-unsaturated/α-hetero) is 1. The van der Waals surface area contributed by atoms with E-state index in [2.05, 4.69) is 9.88 Å². The predicted octanol–water partition coefficient (Wildman–Crippen LogP) is 3.65. The molecule has 0 bridgehead atoms. The molecule has 0 radical (unpaired) electrons. The maximum atomic E-state index is 12.8. The van der Waals surface area contributed by atoms with Gasteiger partial charge in [-0.25, -0.2) is 13.1 Å². The summed E-state index contributed by atoms with van der Waals surface area (Å²) in [6, 6.07) is 6.58. The number of hydrogen-bond donors (Lipinski definition) is 1. The SMILES string of the molecule is Cc1noc(NS(=O)(=O)c2ccsc2C(=O)Cc2cccc3c2OCO3)c1Cl. The highest BCUT2D eigenvalue weighted by molar-refractivity contribution is 7.93. The van der Waals surface area contributed by atoms with Crippen molar-refractivity contribution in [2.45, 2.75) is 18.2 Å². The van der Waals surface area contributed by atoms with E-state index in [4.69, 9.17) is 25.6 Å². The molecule has 0 saturated heterocycles. The van der Waals surface area contributed by atoms with Crippen LogP contribution in [-0.4, -0.2) is 26.2 Å². The molecule has 0 atom stereocenters. The number of thiophene rings is 1. The predicted molar refractivity (Wildman–Crippen MR) is 102 cm³/mol. The van der Waals surface area contributed by atoms with Crippen LogP contribution in [0.15, 0.2) is 39.1 Å². The number of sulfonamides is 1. The van der Waals surface area contributed by atoms with Crippen molar-refractivity contribution in [3.05, 3.63) is 50.8 Å². The molecule has 0 aliphatic carbocycles. The molecule has 0 amide bonds. The number of aromatic nitrogens is 1. The maximum absolute atomic E-state index is 12.8. The van der Waals surface area contributed by atoms with E-state index in [1.165, 1.54) is 11.4 Å². The number of carbonyl (C=O) groups excluding carboxylic acids is 1. The number of para-hydroxylation sites is 1. The molecule has 1 aliphatic rings. The molecule has 0 fully saturated rings. The van der Waals surface area contributed by atoms with Gasteiger partial charge in [0, 0.05) is 12.0 Å². The average Bonchev–Trinajstić information content (AvgIpc) is 3.38. The number of aryl methyl sites for hydroxylation is 1. The van der Waals surface area contributed by atoms with Crippen molar-refractivity contribution in [2.75, 3.05) is 11.5 Å². The second-order valence-corrected chi connectivity index (χ2v) is 8.83. The summed E-state index contributed by atoms with van der Waals surface area (Å²) in [4.78, 5) is 12.8. The lowest BCUT2D eigenvalue weighted by atomic mass is 10.1. The first-order chi connectivity index (χ1) is 13.4. The molecule has 11 heteroatoms. The highest BCUT2D eigenvalue weighted by atomic mass is 35.5. The third kappa shape index (κ3) is 3.34. The lowest BCUT2D eigenvalue weighted by molar-refractivity contribution is 0.0992. The fraction of sp³-hybridized carbons (Fsp3) is 0.176. The number of nitrogens with zero attached hydrogens (tertiary/aromatic N) is 1. The van der Waals surface area contributed by atoms with E-state index in [0.717, 1.165) is 11.3 Å². The van der Waals surface area contributed by atoms with Gasteiger partial charge < -0.3 is 14.0 Å². The Morgan fingerprint density at radius 1 is 1.32 bits per heavy atom. The molecule has 0 unspecified atom stereocenters. The molecule has 3 heterocycles. The number of carbonyl (C=O) groups is 1. The van der Waals surface area contributed by atoms with Crippen molar-refractivity contribution in [3.8, 4) is 11.5 Å². The van der Waals surface area contributed by atoms with E-state index in [9.17, 15) is 13.2 Å². The third-order valence-electron chi connectivity index (χ3n) is 4.02. The average molecular weight is 441 g/mol. The van der Waals surface area contributed by atoms with Crippen LogP contribution in [0, 0.1) is 6.92 Å². The highest BCUT2D eigenvalue weighted by Gasteiger charge is 2.28. The third-order valence-corrected chi connectivity index (χ3v) is 6.92. The second kappa shape index (κ2) is 7.12. The number of hydrogen-bond acceptors (Lipinski definition) is 8. The largest absolute Gasteiger partial charge is 0.454 e. The minimum atomic E-state index is -4.09. The standard InChI is InChI=1S/C17H13ClN2O6S2/c1-9-14(18)17(26-19-9)20-28(22,23)13-5-6-27-16(13)11(21)7-10-3-2-4-12-15(10)25-8-24-12/h2-6,20H,7-8H2,1H3. The van der Waals surface area contributed by atoms with Crippen LogP contribution in [0.1, 0.15) is 20.9 Å². The number of halogens is 1. The molecule has 0 spiro atoms. The topological polar surface area (TPSA) is 108 Å². The van der Waals surface area contributed by atoms with E-state index in [1.54, 1.807) is 25.1 Å². The van der Waals surface area contributed by atoms with Gasteiger partial charge in [-0.15, -0.1) is 11.3 Å². The molecule has 2 aromatic heterocycles. The Balaban J connectivity index is 1.61. The molecule has 1 N–H and O–H groups in total. The van der Waals surface area contributed by atoms with Crippen molar-refractivity contribution in [2.24, 2.45) is 0 Å². The zero-order valence-electron chi connectivity index (χ0n) is 14.4. The molecular weight excluding hydrogens is 428 g/mol. The molecule has 1 aromatic carbocycles. The van der Waals surface area contributed by atoms with Gasteiger partial charge in [0.15, 0.2) is 17.3 Å². The van der Waals surface area contributed by atoms with Gasteiger partial charge in [0.05, 0.1) is 4.88 Å². The van der Waals surface area contributed by atoms with E-state index >= 15 is 0 Å². The Labute approximate surface area is 169 Å². The van der Waals surface area contributed by atoms with Crippen LogP contribution in [0.4, 0.5) is 5.88 Å². The fourth-order valence-corrected chi connectivity index (χ4v) is 5.25. The van der Waals surface area contributed by atoms with Crippen LogP contribution in [0.5, 0.6) is 11.5 Å². The van der Waals surface area contributed by atoms with Gasteiger partial charge >= 0.3 is 0 Å². The van der Waals surface area contributed by atoms with Crippen LogP contribution in [0.3, 0.4) is 0 Å². The Kier molecular flexibility index (Phi) is 4.77. The number of benzene rings is 1. The quantitative estimate of drug-likeness (QED) is 0.583. The van der Waals surface area contributed by atoms with Crippen LogP contribution >= 0.6 is 22.9 Å². The summed E-state index contributed by atoms with van der Waals surface area (Å²) in [5, 5.41) is 5.20. The monoisotopic (exact) mass is 440 g/mol. The van der Waals surface area contributed by atoms with Crippen molar-refractivity contribution in [1.82, 2.24) is 5.16 Å². The minimum absolute atomic E-state index is 0.0300. The van der Waals surface area contributed by atoms with Crippen molar-refractivity contribution in [1.29, 1.82) is 0 Å². The molecule has 3 aromatic rings. The smallest absolute Gasteiger partial charge is 0.265 e. The molecule has 1 aliphatic heterocycles. The first-order valence-electron chi connectivity index (χ1n) is 7.99. The first kappa shape index (κ1) is 18.8. The van der Waals surface area contributed by atoms with Gasteiger partial charge in [0.1, 0.15) is 15.6 Å². The van der Waals surface area contributed by atoms with Crippen molar-refractivity contribution < 1.29 is 27.2 Å². The Hall–Kier alpha value is -2.56. The lowest BCUT2D eigenvalue weighted by Gasteiger charge is -2.08. The van der Waals surface area contributed by atoms with Crippen LogP contribution in [-0.2, 0) is 16.4 Å². The van der Waals surface area contributed by atoms with E-state index in [-0.39, 0.29) is 39.7 Å². The second-order valence-electron chi connectivity index (χ2n) is 5.88. The van der Waals surface area contributed by atoms with Gasteiger partial charge in [0.2, 0.25) is 6.79 Å². The van der Waals surface area contributed by atoms with Crippen molar-refractivity contribution >= 4 is 44.6 Å². The maximum Gasteiger partial charge on any atom is 0.265 e. The molecule has 28 heavy (non-hydrogen) atoms. The molecule has 146 valence electrons. The Morgan fingerprint density at radius 2 is 2.14 bits per heavy atom. The summed E-state index contributed by atoms with van der Waals surface area (Å²) in [7, 11) is -4.09. The van der Waals surface area contributed by atoms with Crippen molar-refractivity contribution in [3.63, 3.8) is 0 Å². The van der Waals surface area contributed by atoms with Gasteiger partial charge in [0.25, 0.3) is 15.9 Å². The number of ketones is 1. The number of fused-ring (bicyclic) bond motifs is 1. The number of nitrogens with one attached hydrogen (secondary N) is 1. The first-order valence-corrected chi connectivity index (χ1v) is 10.7. The molecule has 4 rings (SSSR count). The summed E-state index contributed by atoms with van der Waals surface area (Å²) < 4.78 is 43.3. The summed E-state index contributed by atoms with van der Waals surface area (Å²) in [5.74, 6) is 0.495. The highest BCUT2D eigenvalue weighted by Crippen LogP contribution is 2.37. The molecule has 8 nitrogen and oxygen atoms in total. The summed E-state index contributed by atoms with van der Waals surface area (Å²) >= 11 is 7.00. The number of rotatable bonds is 6. The summed E-state index contributed by atoms with van der Waals surface area (Å²) in [5.41, 5.74) is 0.972. The fourth-order valence-electron chi connectivity index (χ4n) is 2.69. The van der Waals surface area contributed by atoms with E-state index < -0.39 is 10.0 Å². The summed E-state index contributed by atoms with van der Waals surface area (Å²) in [6.45, 7) is 1.66.